The number of piperidine rings is 1. The van der Waals surface area contributed by atoms with Crippen LogP contribution < -0.4 is 9.64 Å². The van der Waals surface area contributed by atoms with E-state index in [1.807, 2.05) is 66.2 Å². The number of likely N-dealkylation sites (tertiary alicyclic amines) is 1. The molecule has 1 aliphatic heterocycles. The first-order valence-corrected chi connectivity index (χ1v) is 13.4. The Kier molecular flexibility index (Phi) is 9.04. The third kappa shape index (κ3) is 6.89. The molecule has 1 saturated heterocycles. The summed E-state index contributed by atoms with van der Waals surface area (Å²) in [6.07, 6.45) is 2.50. The first-order valence-electron chi connectivity index (χ1n) is 12.6. The smallest absolute Gasteiger partial charge is 0.415 e. The van der Waals surface area contributed by atoms with Gasteiger partial charge in [0.1, 0.15) is 18.5 Å². The van der Waals surface area contributed by atoms with Gasteiger partial charge in [0.2, 0.25) is 0 Å². The fraction of sp³-hybridized carbons (Fsp3) is 0.429. The lowest BCUT2D eigenvalue weighted by Crippen LogP contribution is -2.40. The summed E-state index contributed by atoms with van der Waals surface area (Å²) in [4.78, 5) is 16.8. The molecule has 0 unspecified atom stereocenters. The van der Waals surface area contributed by atoms with Crippen molar-refractivity contribution in [2.24, 2.45) is 0 Å². The molecule has 0 radical (unpaired) electrons. The molecule has 1 amide bonds. The molecule has 1 fully saturated rings. The number of ether oxygens (including phenoxy) is 2. The SMILES string of the molecule is CCCN1CCC(OC(=O)N(C)c2cc(C)n(Cc3cc(Br)ccc3OCc3ccccc3)n2)CC1. The van der Waals surface area contributed by atoms with E-state index >= 15 is 0 Å². The Labute approximate surface area is 222 Å². The minimum Gasteiger partial charge on any atom is -0.489 e. The van der Waals surface area contributed by atoms with Crippen molar-refractivity contribution in [1.82, 2.24) is 14.7 Å². The molecule has 0 atom stereocenters. The number of anilines is 1. The maximum Gasteiger partial charge on any atom is 0.415 e. The number of aromatic nitrogens is 2. The van der Waals surface area contributed by atoms with Gasteiger partial charge in [-0.2, -0.15) is 5.10 Å². The Morgan fingerprint density at radius 2 is 1.89 bits per heavy atom. The first-order chi connectivity index (χ1) is 17.4. The van der Waals surface area contributed by atoms with Crippen molar-refractivity contribution in [3.05, 3.63) is 75.9 Å². The highest BCUT2D eigenvalue weighted by molar-refractivity contribution is 9.10. The summed E-state index contributed by atoms with van der Waals surface area (Å²) < 4.78 is 14.8. The summed E-state index contributed by atoms with van der Waals surface area (Å²) in [5, 5.41) is 4.71. The van der Waals surface area contributed by atoms with Crippen LogP contribution in [-0.2, 0) is 17.9 Å². The van der Waals surface area contributed by atoms with Crippen LogP contribution in [0.15, 0.2) is 59.1 Å². The second-order valence-corrected chi connectivity index (χ2v) is 10.2. The molecule has 4 rings (SSSR count). The third-order valence-electron chi connectivity index (χ3n) is 6.51. The Bertz CT molecular complexity index is 1140. The maximum atomic E-state index is 12.8. The standard InChI is InChI=1S/C28H35BrN4O3/c1-4-14-32-15-12-25(13-16-32)36-28(34)31(3)27-17-21(2)33(30-27)19-23-18-24(29)10-11-26(23)35-20-22-8-6-5-7-9-22/h5-11,17-18,25H,4,12-16,19-20H2,1-3H3. The van der Waals surface area contributed by atoms with Gasteiger partial charge in [-0.15, -0.1) is 0 Å². The molecule has 0 aliphatic carbocycles. The molecule has 7 nitrogen and oxygen atoms in total. The van der Waals surface area contributed by atoms with E-state index in [1.165, 1.54) is 4.90 Å². The van der Waals surface area contributed by atoms with E-state index in [-0.39, 0.29) is 12.2 Å². The largest absolute Gasteiger partial charge is 0.489 e. The molecular formula is C28H35BrN4O3. The predicted molar refractivity (Wildman–Crippen MR) is 146 cm³/mol. The Morgan fingerprint density at radius 3 is 2.61 bits per heavy atom. The second kappa shape index (κ2) is 12.4. The second-order valence-electron chi connectivity index (χ2n) is 9.31. The van der Waals surface area contributed by atoms with E-state index in [0.29, 0.717) is 19.0 Å². The van der Waals surface area contributed by atoms with Gasteiger partial charge in [0.05, 0.1) is 6.54 Å². The number of nitrogens with zero attached hydrogens (tertiary/aromatic N) is 4. The molecule has 2 heterocycles. The van der Waals surface area contributed by atoms with Gasteiger partial charge in [-0.1, -0.05) is 53.2 Å². The van der Waals surface area contributed by atoms with E-state index < -0.39 is 0 Å². The van der Waals surface area contributed by atoms with E-state index in [2.05, 4.69) is 27.8 Å². The van der Waals surface area contributed by atoms with Crippen molar-refractivity contribution >= 4 is 27.8 Å². The number of hydrogen-bond donors (Lipinski definition) is 0. The van der Waals surface area contributed by atoms with Crippen LogP contribution in [0.3, 0.4) is 0 Å². The minimum atomic E-state index is -0.358. The lowest BCUT2D eigenvalue weighted by molar-refractivity contribution is 0.0555. The van der Waals surface area contributed by atoms with E-state index in [1.54, 1.807) is 7.05 Å². The number of carbonyl (C=O) groups is 1. The van der Waals surface area contributed by atoms with Crippen LogP contribution in [-0.4, -0.2) is 53.6 Å². The monoisotopic (exact) mass is 554 g/mol. The molecule has 3 aromatic rings. The first kappa shape index (κ1) is 26.2. The molecule has 0 saturated carbocycles. The summed E-state index contributed by atoms with van der Waals surface area (Å²) in [7, 11) is 1.72. The predicted octanol–water partition coefficient (Wildman–Crippen LogP) is 6.03. The summed E-state index contributed by atoms with van der Waals surface area (Å²) in [6, 6.07) is 18.0. The van der Waals surface area contributed by atoms with Gasteiger partial charge in [0.25, 0.3) is 0 Å². The zero-order chi connectivity index (χ0) is 25.5. The van der Waals surface area contributed by atoms with Crippen molar-refractivity contribution in [2.75, 3.05) is 31.6 Å². The molecule has 36 heavy (non-hydrogen) atoms. The fourth-order valence-corrected chi connectivity index (χ4v) is 4.82. The van der Waals surface area contributed by atoms with Crippen molar-refractivity contribution in [3.8, 4) is 5.75 Å². The van der Waals surface area contributed by atoms with E-state index in [4.69, 9.17) is 14.6 Å². The topological polar surface area (TPSA) is 59.8 Å². The third-order valence-corrected chi connectivity index (χ3v) is 7.00. The number of aryl methyl sites for hydroxylation is 1. The highest BCUT2D eigenvalue weighted by Crippen LogP contribution is 2.26. The van der Waals surface area contributed by atoms with Crippen molar-refractivity contribution in [1.29, 1.82) is 0 Å². The van der Waals surface area contributed by atoms with E-state index in [0.717, 1.165) is 65.9 Å². The van der Waals surface area contributed by atoms with Crippen LogP contribution in [0.5, 0.6) is 5.75 Å². The normalized spacial score (nSPS) is 14.6. The van der Waals surface area contributed by atoms with Crippen LogP contribution in [0.25, 0.3) is 0 Å². The fourth-order valence-electron chi connectivity index (χ4n) is 4.41. The molecule has 0 N–H and O–H groups in total. The van der Waals surface area contributed by atoms with Gasteiger partial charge >= 0.3 is 6.09 Å². The Morgan fingerprint density at radius 1 is 1.14 bits per heavy atom. The van der Waals surface area contributed by atoms with Crippen LogP contribution in [0.4, 0.5) is 10.6 Å². The summed E-state index contributed by atoms with van der Waals surface area (Å²) in [6.45, 7) is 8.25. The van der Waals surface area contributed by atoms with Crippen molar-refractivity contribution in [2.45, 2.75) is 52.4 Å². The van der Waals surface area contributed by atoms with E-state index in [9.17, 15) is 4.79 Å². The van der Waals surface area contributed by atoms with Crippen LogP contribution in [0.2, 0.25) is 0 Å². The number of rotatable bonds is 9. The number of hydrogen-bond acceptors (Lipinski definition) is 5. The molecule has 0 spiro atoms. The molecule has 0 bridgehead atoms. The Balaban J connectivity index is 1.40. The summed E-state index contributed by atoms with van der Waals surface area (Å²) in [5.41, 5.74) is 3.06. The quantitative estimate of drug-likeness (QED) is 0.323. The lowest BCUT2D eigenvalue weighted by Gasteiger charge is -2.31. The van der Waals surface area contributed by atoms with Gasteiger partial charge in [-0.25, -0.2) is 4.79 Å². The molecular weight excluding hydrogens is 520 g/mol. The van der Waals surface area contributed by atoms with Gasteiger partial charge in [0.15, 0.2) is 5.82 Å². The molecule has 1 aliphatic rings. The zero-order valence-corrected chi connectivity index (χ0v) is 22.9. The average molecular weight is 556 g/mol. The van der Waals surface area contributed by atoms with Crippen LogP contribution >= 0.6 is 15.9 Å². The van der Waals surface area contributed by atoms with Crippen LogP contribution in [0, 0.1) is 6.92 Å². The zero-order valence-electron chi connectivity index (χ0n) is 21.3. The summed E-state index contributed by atoms with van der Waals surface area (Å²) in [5.74, 6) is 1.38. The molecule has 2 aromatic carbocycles. The van der Waals surface area contributed by atoms with Gasteiger partial charge < -0.3 is 14.4 Å². The van der Waals surface area contributed by atoms with Crippen LogP contribution in [0.1, 0.15) is 43.0 Å². The highest BCUT2D eigenvalue weighted by atomic mass is 79.9. The average Bonchev–Trinajstić information content (AvgIpc) is 3.25. The van der Waals surface area contributed by atoms with Crippen molar-refractivity contribution in [3.63, 3.8) is 0 Å². The minimum absolute atomic E-state index is 0.0396. The summed E-state index contributed by atoms with van der Waals surface area (Å²) >= 11 is 3.57. The van der Waals surface area contributed by atoms with Gasteiger partial charge in [-0.05, 0) is 56.5 Å². The highest BCUT2D eigenvalue weighted by Gasteiger charge is 2.25. The van der Waals surface area contributed by atoms with Crippen molar-refractivity contribution < 1.29 is 14.3 Å². The van der Waals surface area contributed by atoms with Gasteiger partial charge in [0, 0.05) is 41.9 Å². The maximum absolute atomic E-state index is 12.8. The number of amides is 1. The lowest BCUT2D eigenvalue weighted by atomic mass is 10.1. The van der Waals surface area contributed by atoms with Gasteiger partial charge in [-0.3, -0.25) is 9.58 Å². The molecule has 8 heteroatoms. The molecule has 192 valence electrons. The Hall–Kier alpha value is -2.84. The number of halogens is 1. The number of benzene rings is 2. The molecule has 1 aromatic heterocycles. The number of carbonyl (C=O) groups excluding carboxylic acids is 1.